The molecule has 2 aromatic rings. The van der Waals surface area contributed by atoms with Crippen LogP contribution in [0.2, 0.25) is 0 Å². The Labute approximate surface area is 169 Å². The standard InChI is InChI=1S/C27H30O/c1-19-15-26(24-13-9-6-10-14-24)16-20(2)22(4)18-27(26,17-21(19)3)25(28)23-11-7-5-8-12-23/h5-14H,15-18H2,1-4H3. The van der Waals surface area contributed by atoms with Crippen LogP contribution in [0.25, 0.3) is 0 Å². The SMILES string of the molecule is CC1=C(C)CC2(c3ccccc3)CC(C)=C(C)CC2(C(=O)c2ccccc2)C1. The maximum Gasteiger partial charge on any atom is 0.170 e. The number of hydrogen-bond donors (Lipinski definition) is 0. The molecule has 0 spiro atoms. The third-order valence-corrected chi connectivity index (χ3v) is 7.44. The predicted octanol–water partition coefficient (Wildman–Crippen LogP) is 7.05. The molecule has 4 rings (SSSR count). The van der Waals surface area contributed by atoms with Gasteiger partial charge >= 0.3 is 0 Å². The molecule has 0 fully saturated rings. The molecule has 0 N–H and O–H groups in total. The molecular formula is C27H30O. The summed E-state index contributed by atoms with van der Waals surface area (Å²) in [6, 6.07) is 20.8. The van der Waals surface area contributed by atoms with Crippen molar-refractivity contribution < 1.29 is 4.79 Å². The van der Waals surface area contributed by atoms with Crippen LogP contribution in [0, 0.1) is 5.41 Å². The highest BCUT2D eigenvalue weighted by atomic mass is 16.1. The minimum atomic E-state index is -0.414. The van der Waals surface area contributed by atoms with Crippen molar-refractivity contribution in [3.05, 3.63) is 94.1 Å². The summed E-state index contributed by atoms with van der Waals surface area (Å²) in [6.45, 7) is 8.98. The van der Waals surface area contributed by atoms with Gasteiger partial charge in [-0.1, -0.05) is 83.0 Å². The average molecular weight is 371 g/mol. The first kappa shape index (κ1) is 18.9. The van der Waals surface area contributed by atoms with Gasteiger partial charge in [-0.3, -0.25) is 4.79 Å². The van der Waals surface area contributed by atoms with Crippen LogP contribution in [0.5, 0.6) is 0 Å². The van der Waals surface area contributed by atoms with E-state index in [1.165, 1.54) is 27.9 Å². The summed E-state index contributed by atoms with van der Waals surface area (Å²) >= 11 is 0. The first-order chi connectivity index (χ1) is 13.4. The Morgan fingerprint density at radius 3 is 1.57 bits per heavy atom. The summed E-state index contributed by atoms with van der Waals surface area (Å²) in [5, 5.41) is 0. The molecule has 0 saturated heterocycles. The predicted molar refractivity (Wildman–Crippen MR) is 117 cm³/mol. The molecule has 1 heteroatoms. The number of hydrogen-bond acceptors (Lipinski definition) is 1. The van der Waals surface area contributed by atoms with Crippen LogP contribution in [0.1, 0.15) is 69.3 Å². The minimum absolute atomic E-state index is 0.172. The first-order valence-corrected chi connectivity index (χ1v) is 10.4. The Hall–Kier alpha value is -2.41. The van der Waals surface area contributed by atoms with E-state index in [2.05, 4.69) is 58.0 Å². The molecule has 1 nitrogen and oxygen atoms in total. The van der Waals surface area contributed by atoms with E-state index in [4.69, 9.17) is 0 Å². The summed E-state index contributed by atoms with van der Waals surface area (Å²) in [5.41, 5.74) is 7.27. The molecular weight excluding hydrogens is 340 g/mol. The molecule has 0 bridgehead atoms. The fraction of sp³-hybridized carbons (Fsp3) is 0.370. The molecule has 2 aliphatic rings. The third kappa shape index (κ3) is 2.71. The van der Waals surface area contributed by atoms with Gasteiger partial charge in [-0.2, -0.15) is 0 Å². The zero-order valence-electron chi connectivity index (χ0n) is 17.5. The molecule has 0 unspecified atom stereocenters. The topological polar surface area (TPSA) is 17.1 Å². The van der Waals surface area contributed by atoms with E-state index in [1.807, 2.05) is 30.3 Å². The minimum Gasteiger partial charge on any atom is -0.293 e. The summed E-state index contributed by atoms with van der Waals surface area (Å²) in [4.78, 5) is 14.2. The van der Waals surface area contributed by atoms with E-state index in [1.54, 1.807) is 0 Å². The van der Waals surface area contributed by atoms with Crippen LogP contribution in [0.3, 0.4) is 0 Å². The van der Waals surface area contributed by atoms with Gasteiger partial charge in [0, 0.05) is 11.0 Å². The van der Waals surface area contributed by atoms with Crippen molar-refractivity contribution in [1.29, 1.82) is 0 Å². The van der Waals surface area contributed by atoms with Crippen molar-refractivity contribution in [2.75, 3.05) is 0 Å². The molecule has 0 radical (unpaired) electrons. The summed E-state index contributed by atoms with van der Waals surface area (Å²) in [6.07, 6.45) is 3.64. The van der Waals surface area contributed by atoms with Crippen LogP contribution in [-0.2, 0) is 5.41 Å². The number of benzene rings is 2. The second-order valence-electron chi connectivity index (χ2n) is 9.05. The first-order valence-electron chi connectivity index (χ1n) is 10.4. The van der Waals surface area contributed by atoms with Crippen LogP contribution in [-0.4, -0.2) is 5.78 Å². The lowest BCUT2D eigenvalue weighted by molar-refractivity contribution is 0.0491. The molecule has 2 aromatic carbocycles. The molecule has 28 heavy (non-hydrogen) atoms. The van der Waals surface area contributed by atoms with Crippen LogP contribution >= 0.6 is 0 Å². The summed E-state index contributed by atoms with van der Waals surface area (Å²) in [7, 11) is 0. The monoisotopic (exact) mass is 370 g/mol. The van der Waals surface area contributed by atoms with E-state index in [0.29, 0.717) is 5.78 Å². The van der Waals surface area contributed by atoms with E-state index in [9.17, 15) is 4.79 Å². The largest absolute Gasteiger partial charge is 0.293 e. The number of Topliss-reactive ketones (excluding diaryl/α,β-unsaturated/α-hetero) is 1. The molecule has 0 aliphatic heterocycles. The summed E-state index contributed by atoms with van der Waals surface area (Å²) in [5.74, 6) is 0.315. The van der Waals surface area contributed by atoms with Gasteiger partial charge in [0.05, 0.1) is 5.41 Å². The molecule has 2 aliphatic carbocycles. The molecule has 0 amide bonds. The third-order valence-electron chi connectivity index (χ3n) is 7.44. The lowest BCUT2D eigenvalue weighted by atomic mass is 9.45. The van der Waals surface area contributed by atoms with Crippen molar-refractivity contribution >= 4 is 5.78 Å². The van der Waals surface area contributed by atoms with Gasteiger partial charge in [-0.15, -0.1) is 0 Å². The molecule has 0 atom stereocenters. The highest BCUT2D eigenvalue weighted by Crippen LogP contribution is 2.63. The second-order valence-corrected chi connectivity index (χ2v) is 9.05. The zero-order chi connectivity index (χ0) is 19.9. The van der Waals surface area contributed by atoms with Crippen LogP contribution in [0.4, 0.5) is 0 Å². The number of rotatable bonds is 3. The quantitative estimate of drug-likeness (QED) is 0.418. The Balaban J connectivity index is 2.01. The van der Waals surface area contributed by atoms with Gasteiger partial charge in [-0.25, -0.2) is 0 Å². The van der Waals surface area contributed by atoms with E-state index in [-0.39, 0.29) is 5.41 Å². The highest BCUT2D eigenvalue weighted by molar-refractivity contribution is 6.02. The number of carbonyl (C=O) groups excluding carboxylic acids is 1. The molecule has 0 saturated carbocycles. The average Bonchev–Trinajstić information content (AvgIpc) is 2.71. The Morgan fingerprint density at radius 1 is 0.643 bits per heavy atom. The Morgan fingerprint density at radius 2 is 1.07 bits per heavy atom. The van der Waals surface area contributed by atoms with Crippen molar-refractivity contribution in [3.63, 3.8) is 0 Å². The second kappa shape index (κ2) is 6.88. The maximum absolute atomic E-state index is 14.2. The van der Waals surface area contributed by atoms with Crippen LogP contribution < -0.4 is 0 Å². The van der Waals surface area contributed by atoms with Crippen molar-refractivity contribution in [2.45, 2.75) is 58.8 Å². The number of allylic oxidation sites excluding steroid dienone is 4. The Kier molecular flexibility index (Phi) is 4.65. The van der Waals surface area contributed by atoms with Gasteiger partial charge in [0.1, 0.15) is 0 Å². The molecule has 144 valence electrons. The smallest absolute Gasteiger partial charge is 0.170 e. The Bertz CT molecular complexity index is 930. The lowest BCUT2D eigenvalue weighted by Crippen LogP contribution is -2.55. The number of ketones is 1. The van der Waals surface area contributed by atoms with Crippen molar-refractivity contribution in [1.82, 2.24) is 0 Å². The van der Waals surface area contributed by atoms with E-state index < -0.39 is 5.41 Å². The zero-order valence-corrected chi connectivity index (χ0v) is 17.5. The highest BCUT2D eigenvalue weighted by Gasteiger charge is 2.60. The van der Waals surface area contributed by atoms with Crippen LogP contribution in [0.15, 0.2) is 83.0 Å². The molecule has 0 heterocycles. The van der Waals surface area contributed by atoms with Gasteiger partial charge in [-0.05, 0) is 58.9 Å². The number of fused-ring (bicyclic) bond motifs is 1. The molecule has 0 aromatic heterocycles. The normalized spacial score (nSPS) is 27.6. The van der Waals surface area contributed by atoms with Gasteiger partial charge in [0.2, 0.25) is 0 Å². The van der Waals surface area contributed by atoms with E-state index >= 15 is 0 Å². The maximum atomic E-state index is 14.2. The van der Waals surface area contributed by atoms with Gasteiger partial charge < -0.3 is 0 Å². The van der Waals surface area contributed by atoms with Gasteiger partial charge in [0.25, 0.3) is 0 Å². The lowest BCUT2D eigenvalue weighted by Gasteiger charge is -2.57. The van der Waals surface area contributed by atoms with Gasteiger partial charge in [0.15, 0.2) is 5.78 Å². The summed E-state index contributed by atoms with van der Waals surface area (Å²) < 4.78 is 0. The van der Waals surface area contributed by atoms with Crippen molar-refractivity contribution in [2.24, 2.45) is 5.41 Å². The van der Waals surface area contributed by atoms with E-state index in [0.717, 1.165) is 31.2 Å². The fourth-order valence-electron chi connectivity index (χ4n) is 5.70. The van der Waals surface area contributed by atoms with Crippen molar-refractivity contribution in [3.8, 4) is 0 Å². The number of carbonyl (C=O) groups is 1. The fourth-order valence-corrected chi connectivity index (χ4v) is 5.70.